The summed E-state index contributed by atoms with van der Waals surface area (Å²) in [4.78, 5) is 0. The molecule has 0 spiro atoms. The summed E-state index contributed by atoms with van der Waals surface area (Å²) in [6.45, 7) is 15.9. The second-order valence-electron chi connectivity index (χ2n) is 13.0. The van der Waals surface area contributed by atoms with Gasteiger partial charge < -0.3 is 9.15 Å². The van der Waals surface area contributed by atoms with E-state index >= 15 is 0 Å². The van der Waals surface area contributed by atoms with Gasteiger partial charge in [-0.25, -0.2) is 0 Å². The quantitative estimate of drug-likeness (QED) is 0.184. The van der Waals surface area contributed by atoms with Gasteiger partial charge in [0, 0.05) is 18.1 Å². The molecule has 0 saturated heterocycles. The molecular weight excluding hydrogens is 442 g/mol. The summed E-state index contributed by atoms with van der Waals surface area (Å²) < 4.78 is 15.8. The molecular formula is C33H36NO2+. The zero-order chi connectivity index (χ0) is 25.6. The van der Waals surface area contributed by atoms with Gasteiger partial charge in [0.15, 0.2) is 17.5 Å². The lowest BCUT2D eigenvalue weighted by Gasteiger charge is -2.28. The number of pyridine rings is 1. The molecule has 3 heterocycles. The van der Waals surface area contributed by atoms with Crippen LogP contribution in [0.2, 0.25) is 0 Å². The van der Waals surface area contributed by atoms with E-state index in [0.29, 0.717) is 0 Å². The molecule has 3 aromatic carbocycles. The van der Waals surface area contributed by atoms with Crippen molar-refractivity contribution in [1.29, 1.82) is 0 Å². The highest BCUT2D eigenvalue weighted by Gasteiger charge is 2.38. The zero-order valence-electron chi connectivity index (χ0n) is 22.8. The maximum Gasteiger partial charge on any atom is 0.231 e. The van der Waals surface area contributed by atoms with Crippen LogP contribution in [0.15, 0.2) is 53.1 Å². The number of fused-ring (bicyclic) bond motifs is 5. The molecule has 0 N–H and O–H groups in total. The van der Waals surface area contributed by atoms with Crippen molar-refractivity contribution in [2.24, 2.45) is 17.9 Å². The maximum absolute atomic E-state index is 7.03. The fourth-order valence-corrected chi connectivity index (χ4v) is 5.94. The largest absolute Gasteiger partial charge is 0.456 e. The van der Waals surface area contributed by atoms with Gasteiger partial charge in [-0.2, -0.15) is 4.57 Å². The van der Waals surface area contributed by atoms with Gasteiger partial charge in [-0.1, -0.05) is 77.9 Å². The fraction of sp³-hybridized carbons (Fsp3) is 0.364. The van der Waals surface area contributed by atoms with E-state index in [0.717, 1.165) is 41.1 Å². The number of aromatic nitrogens is 1. The predicted octanol–water partition coefficient (Wildman–Crippen LogP) is 8.82. The van der Waals surface area contributed by atoms with Crippen LogP contribution in [0.1, 0.15) is 58.4 Å². The SMILES string of the molecule is Cc1c2c(c(CC(C)(C)C)c3c1ccc1ccccc13)Oc1c(CC(C)(C)C)oc3cc[n+](C)c-2c13. The molecule has 0 aliphatic carbocycles. The number of ether oxygens (including phenoxy) is 1. The van der Waals surface area contributed by atoms with Crippen LogP contribution in [-0.2, 0) is 19.9 Å². The maximum atomic E-state index is 7.03. The summed E-state index contributed by atoms with van der Waals surface area (Å²) in [5.74, 6) is 2.83. The minimum absolute atomic E-state index is 0.0834. The molecule has 6 rings (SSSR count). The monoisotopic (exact) mass is 478 g/mol. The van der Waals surface area contributed by atoms with Crippen LogP contribution in [0, 0.1) is 17.8 Å². The molecule has 1 aliphatic rings. The zero-order valence-corrected chi connectivity index (χ0v) is 22.8. The van der Waals surface area contributed by atoms with Crippen LogP contribution < -0.4 is 9.30 Å². The average molecular weight is 479 g/mol. The van der Waals surface area contributed by atoms with E-state index in [1.165, 1.54) is 43.9 Å². The highest BCUT2D eigenvalue weighted by atomic mass is 16.5. The summed E-state index contributed by atoms with van der Waals surface area (Å²) >= 11 is 0. The molecule has 0 atom stereocenters. The predicted molar refractivity (Wildman–Crippen MR) is 149 cm³/mol. The van der Waals surface area contributed by atoms with Crippen LogP contribution in [0.25, 0.3) is 43.8 Å². The van der Waals surface area contributed by atoms with Crippen LogP contribution in [0.4, 0.5) is 0 Å². The normalized spacial score (nSPS) is 13.4. The van der Waals surface area contributed by atoms with Crippen molar-refractivity contribution in [2.45, 2.75) is 61.3 Å². The van der Waals surface area contributed by atoms with Gasteiger partial charge in [0.05, 0.1) is 5.56 Å². The summed E-state index contributed by atoms with van der Waals surface area (Å²) in [6.07, 6.45) is 3.86. The van der Waals surface area contributed by atoms with Crippen LogP contribution in [0.5, 0.6) is 11.5 Å². The minimum atomic E-state index is 0.0834. The summed E-state index contributed by atoms with van der Waals surface area (Å²) in [6, 6.07) is 15.4. The lowest BCUT2D eigenvalue weighted by molar-refractivity contribution is -0.659. The minimum Gasteiger partial charge on any atom is -0.456 e. The van der Waals surface area contributed by atoms with Gasteiger partial charge in [-0.05, 0) is 51.3 Å². The summed E-state index contributed by atoms with van der Waals surface area (Å²) in [5, 5.41) is 6.27. The lowest BCUT2D eigenvalue weighted by atomic mass is 9.80. The Kier molecular flexibility index (Phi) is 4.87. The van der Waals surface area contributed by atoms with E-state index < -0.39 is 0 Å². The third-order valence-corrected chi connectivity index (χ3v) is 7.35. The first-order valence-electron chi connectivity index (χ1n) is 13.0. The standard InChI is InChI=1S/C33H36NO2/c1-19-21-14-13-20-11-9-10-12-22(20)27(21)23(17-32(2,3)4)30-26(19)29-28-24(15-16-34(29)8)35-25(31(28)36-30)18-33(5,6)7/h9-16H,17-18H2,1-8H3/q+1. The fourth-order valence-electron chi connectivity index (χ4n) is 5.94. The highest BCUT2D eigenvalue weighted by molar-refractivity contribution is 6.14. The molecule has 0 saturated carbocycles. The van der Waals surface area contributed by atoms with Gasteiger partial charge in [0.2, 0.25) is 5.69 Å². The summed E-state index contributed by atoms with van der Waals surface area (Å²) in [7, 11) is 2.14. The smallest absolute Gasteiger partial charge is 0.231 e. The van der Waals surface area contributed by atoms with Crippen molar-refractivity contribution in [2.75, 3.05) is 0 Å². The topological polar surface area (TPSA) is 26.2 Å². The van der Waals surface area contributed by atoms with Gasteiger partial charge in [0.25, 0.3) is 0 Å². The highest BCUT2D eigenvalue weighted by Crippen LogP contribution is 2.54. The number of aryl methyl sites for hydroxylation is 2. The van der Waals surface area contributed by atoms with E-state index in [9.17, 15) is 0 Å². The number of furan rings is 1. The Morgan fingerprint density at radius 3 is 2.22 bits per heavy atom. The molecule has 5 aromatic rings. The lowest BCUT2D eigenvalue weighted by Crippen LogP contribution is -2.31. The van der Waals surface area contributed by atoms with Crippen LogP contribution in [0.3, 0.4) is 0 Å². The molecule has 3 nitrogen and oxygen atoms in total. The second-order valence-corrected chi connectivity index (χ2v) is 13.0. The number of nitrogens with zero attached hydrogens (tertiary/aromatic N) is 1. The second kappa shape index (κ2) is 7.59. The molecule has 2 aromatic heterocycles. The number of benzene rings is 3. The number of hydrogen-bond donors (Lipinski definition) is 0. The molecule has 0 fully saturated rings. The molecule has 0 radical (unpaired) electrons. The first-order valence-corrected chi connectivity index (χ1v) is 13.0. The van der Waals surface area contributed by atoms with Gasteiger partial charge >= 0.3 is 0 Å². The first kappa shape index (κ1) is 23.1. The van der Waals surface area contributed by atoms with Crippen molar-refractivity contribution in [3.05, 3.63) is 65.5 Å². The Balaban J connectivity index is 1.79. The van der Waals surface area contributed by atoms with Crippen molar-refractivity contribution in [3.8, 4) is 22.8 Å². The van der Waals surface area contributed by atoms with Crippen molar-refractivity contribution in [1.82, 2.24) is 0 Å². The van der Waals surface area contributed by atoms with Crippen LogP contribution >= 0.6 is 0 Å². The number of hydrogen-bond acceptors (Lipinski definition) is 2. The molecule has 0 bridgehead atoms. The van der Waals surface area contributed by atoms with Crippen molar-refractivity contribution in [3.63, 3.8) is 0 Å². The molecule has 0 unspecified atom stereocenters. The Bertz CT molecular complexity index is 1690. The van der Waals surface area contributed by atoms with Crippen molar-refractivity contribution >= 4 is 32.5 Å². The Morgan fingerprint density at radius 2 is 1.50 bits per heavy atom. The molecule has 184 valence electrons. The van der Waals surface area contributed by atoms with Crippen LogP contribution in [-0.4, -0.2) is 0 Å². The Labute approximate surface area is 213 Å². The third kappa shape index (κ3) is 3.51. The third-order valence-electron chi connectivity index (χ3n) is 7.35. The first-order chi connectivity index (χ1) is 16.9. The van der Waals surface area contributed by atoms with E-state index in [1.807, 2.05) is 0 Å². The molecule has 36 heavy (non-hydrogen) atoms. The molecule has 0 amide bonds. The Morgan fingerprint density at radius 1 is 0.778 bits per heavy atom. The van der Waals surface area contributed by atoms with E-state index in [-0.39, 0.29) is 10.8 Å². The Hall–Kier alpha value is -3.33. The molecule has 1 aliphatic heterocycles. The van der Waals surface area contributed by atoms with Gasteiger partial charge in [0.1, 0.15) is 23.9 Å². The number of rotatable bonds is 2. The summed E-state index contributed by atoms with van der Waals surface area (Å²) in [5.41, 5.74) is 6.01. The molecule has 3 heteroatoms. The average Bonchev–Trinajstić information content (AvgIpc) is 3.13. The van der Waals surface area contributed by atoms with E-state index in [2.05, 4.69) is 109 Å². The van der Waals surface area contributed by atoms with E-state index in [4.69, 9.17) is 9.15 Å². The van der Waals surface area contributed by atoms with Gasteiger partial charge in [-0.15, -0.1) is 0 Å². The van der Waals surface area contributed by atoms with Crippen molar-refractivity contribution < 1.29 is 13.7 Å². The van der Waals surface area contributed by atoms with Gasteiger partial charge in [-0.3, -0.25) is 0 Å². The van der Waals surface area contributed by atoms with E-state index in [1.54, 1.807) is 0 Å².